The Labute approximate surface area is 244 Å². The summed E-state index contributed by atoms with van der Waals surface area (Å²) in [5, 5.41) is 4.35. The molecule has 0 radical (unpaired) electrons. The van der Waals surface area contributed by atoms with Crippen molar-refractivity contribution >= 4 is 11.9 Å². The Kier molecular flexibility index (Phi) is 10.5. The average Bonchev–Trinajstić information content (AvgIpc) is 2.82. The fourth-order valence-electron chi connectivity index (χ4n) is 7.96. The van der Waals surface area contributed by atoms with Gasteiger partial charge in [-0.3, -0.25) is 0 Å². The Bertz CT molecular complexity index is 844. The Hall–Kier alpha value is -1.55. The van der Waals surface area contributed by atoms with Crippen LogP contribution in [0.3, 0.4) is 0 Å². The highest BCUT2D eigenvalue weighted by atomic mass is 16.7. The predicted octanol–water partition coefficient (Wildman–Crippen LogP) is 6.25. The van der Waals surface area contributed by atoms with Gasteiger partial charge in [-0.25, -0.2) is 9.97 Å². The molecule has 1 aromatic rings. The van der Waals surface area contributed by atoms with E-state index >= 15 is 0 Å². The first-order valence-electron chi connectivity index (χ1n) is 15.5. The summed E-state index contributed by atoms with van der Waals surface area (Å²) in [6, 6.07) is 0.621. The van der Waals surface area contributed by atoms with Crippen molar-refractivity contribution in [2.45, 2.75) is 155 Å². The van der Waals surface area contributed by atoms with Crippen molar-refractivity contribution in [2.75, 3.05) is 37.1 Å². The van der Waals surface area contributed by atoms with E-state index in [2.05, 4.69) is 89.2 Å². The van der Waals surface area contributed by atoms with Gasteiger partial charge >= 0.3 is 0 Å². The van der Waals surface area contributed by atoms with E-state index in [0.29, 0.717) is 12.1 Å². The summed E-state index contributed by atoms with van der Waals surface area (Å²) in [5.41, 5.74) is -0.440. The summed E-state index contributed by atoms with van der Waals surface area (Å²) in [6.45, 7) is 24.6. The van der Waals surface area contributed by atoms with Crippen molar-refractivity contribution in [1.29, 1.82) is 0 Å². The molecule has 0 unspecified atom stereocenters. The van der Waals surface area contributed by atoms with E-state index in [1.54, 1.807) is 20.5 Å². The molecule has 40 heavy (non-hydrogen) atoms. The molecule has 0 bridgehead atoms. The lowest BCUT2D eigenvalue weighted by molar-refractivity contribution is -0.266. The van der Waals surface area contributed by atoms with E-state index in [4.69, 9.17) is 24.6 Å². The molecular formula is C31H59N7O2. The smallest absolute Gasteiger partial charge is 0.230 e. The average molecular weight is 562 g/mol. The molecule has 0 aliphatic carbocycles. The van der Waals surface area contributed by atoms with Gasteiger partial charge in [-0.1, -0.05) is 26.7 Å². The van der Waals surface area contributed by atoms with Crippen LogP contribution in [0.5, 0.6) is 0 Å². The largest absolute Gasteiger partial charge is 0.338 e. The van der Waals surface area contributed by atoms with Gasteiger partial charge in [-0.05, 0) is 93.9 Å². The molecule has 1 aromatic heterocycles. The van der Waals surface area contributed by atoms with Crippen molar-refractivity contribution < 1.29 is 9.68 Å². The number of hydroxylamine groups is 4. The zero-order valence-corrected chi connectivity index (χ0v) is 27.8. The quantitative estimate of drug-likeness (QED) is 0.294. The van der Waals surface area contributed by atoms with Crippen molar-refractivity contribution in [3.8, 4) is 0 Å². The lowest BCUT2D eigenvalue weighted by atomic mass is 9.78. The molecule has 0 spiro atoms. The van der Waals surface area contributed by atoms with Gasteiger partial charge in [0.25, 0.3) is 0 Å². The number of hydrogen-bond donors (Lipinski definition) is 0. The predicted molar refractivity (Wildman–Crippen MR) is 164 cm³/mol. The molecule has 0 atom stereocenters. The summed E-state index contributed by atoms with van der Waals surface area (Å²) in [4.78, 5) is 31.5. The molecule has 9 nitrogen and oxygen atoms in total. The molecule has 3 rings (SSSR count). The van der Waals surface area contributed by atoms with Crippen LogP contribution in [0.1, 0.15) is 121 Å². The summed E-state index contributed by atoms with van der Waals surface area (Å²) in [7, 11) is 3.59. The van der Waals surface area contributed by atoms with E-state index in [1.807, 2.05) is 0 Å². The fraction of sp³-hybridized carbons (Fsp3) is 0.903. The molecule has 3 heterocycles. The van der Waals surface area contributed by atoms with Gasteiger partial charge < -0.3 is 19.5 Å². The second kappa shape index (κ2) is 12.8. The van der Waals surface area contributed by atoms with Gasteiger partial charge in [0.1, 0.15) is 6.33 Å². The van der Waals surface area contributed by atoms with Crippen LogP contribution in [0, 0.1) is 0 Å². The van der Waals surface area contributed by atoms with Crippen LogP contribution in [-0.2, 0) is 9.68 Å². The number of piperidine rings is 2. The zero-order valence-electron chi connectivity index (χ0n) is 27.8. The van der Waals surface area contributed by atoms with Crippen molar-refractivity contribution in [1.82, 2.24) is 25.1 Å². The molecule has 230 valence electrons. The Morgan fingerprint density at radius 1 is 0.675 bits per heavy atom. The summed E-state index contributed by atoms with van der Waals surface area (Å²) >= 11 is 0. The van der Waals surface area contributed by atoms with E-state index in [-0.39, 0.29) is 22.2 Å². The van der Waals surface area contributed by atoms with E-state index in [9.17, 15) is 0 Å². The molecule has 2 fully saturated rings. The van der Waals surface area contributed by atoms with E-state index in [0.717, 1.165) is 76.4 Å². The van der Waals surface area contributed by atoms with Crippen molar-refractivity contribution in [3.63, 3.8) is 0 Å². The Morgan fingerprint density at radius 2 is 1.00 bits per heavy atom. The molecule has 0 aromatic carbocycles. The molecule has 0 N–H and O–H groups in total. The van der Waals surface area contributed by atoms with Gasteiger partial charge in [-0.15, -0.1) is 0 Å². The highest BCUT2D eigenvalue weighted by molar-refractivity contribution is 5.41. The minimum atomic E-state index is -0.110. The number of anilines is 2. The molecule has 0 amide bonds. The first-order chi connectivity index (χ1) is 18.6. The Morgan fingerprint density at radius 3 is 1.27 bits per heavy atom. The van der Waals surface area contributed by atoms with Crippen LogP contribution in [0.25, 0.3) is 0 Å². The van der Waals surface area contributed by atoms with Crippen LogP contribution in [0.4, 0.5) is 11.9 Å². The number of hydrogen-bond acceptors (Lipinski definition) is 9. The maximum atomic E-state index is 5.90. The van der Waals surface area contributed by atoms with Gasteiger partial charge in [0.05, 0.1) is 14.2 Å². The number of aromatic nitrogens is 3. The number of nitrogens with zero attached hydrogens (tertiary/aromatic N) is 7. The highest BCUT2D eigenvalue weighted by Crippen LogP contribution is 2.43. The number of unbranched alkanes of at least 4 members (excludes halogenated alkanes) is 2. The Balaban J connectivity index is 1.99. The van der Waals surface area contributed by atoms with Gasteiger partial charge in [0.2, 0.25) is 11.9 Å². The zero-order chi connectivity index (χ0) is 29.9. The maximum Gasteiger partial charge on any atom is 0.230 e. The lowest BCUT2D eigenvalue weighted by Crippen LogP contribution is -2.64. The van der Waals surface area contributed by atoms with Crippen molar-refractivity contribution in [3.05, 3.63) is 6.33 Å². The minimum Gasteiger partial charge on any atom is -0.338 e. The molecule has 2 aliphatic rings. The van der Waals surface area contributed by atoms with Gasteiger partial charge in [0, 0.05) is 47.3 Å². The second-order valence-electron chi connectivity index (χ2n) is 14.5. The summed E-state index contributed by atoms with van der Waals surface area (Å²) < 4.78 is 0. The van der Waals surface area contributed by atoms with Crippen LogP contribution < -0.4 is 9.80 Å². The van der Waals surface area contributed by atoms with Crippen molar-refractivity contribution in [2.24, 2.45) is 0 Å². The molecular weight excluding hydrogens is 502 g/mol. The first kappa shape index (κ1) is 33.0. The third-order valence-corrected chi connectivity index (χ3v) is 8.95. The van der Waals surface area contributed by atoms with Crippen LogP contribution in [0.2, 0.25) is 0 Å². The minimum absolute atomic E-state index is 0.110. The molecule has 0 saturated carbocycles. The molecule has 2 saturated heterocycles. The number of rotatable bonds is 12. The molecule has 2 aliphatic heterocycles. The normalized spacial score (nSPS) is 23.3. The molecule has 9 heteroatoms. The van der Waals surface area contributed by atoms with Gasteiger partial charge in [0.15, 0.2) is 0 Å². The topological polar surface area (TPSA) is 70.1 Å². The van der Waals surface area contributed by atoms with E-state index < -0.39 is 0 Å². The summed E-state index contributed by atoms with van der Waals surface area (Å²) in [5.74, 6) is 1.60. The third kappa shape index (κ3) is 7.08. The first-order valence-corrected chi connectivity index (χ1v) is 15.5. The summed E-state index contributed by atoms with van der Waals surface area (Å²) in [6.07, 6.45) is 10.1. The lowest BCUT2D eigenvalue weighted by Gasteiger charge is -2.55. The monoisotopic (exact) mass is 561 g/mol. The second-order valence-corrected chi connectivity index (χ2v) is 14.5. The SMILES string of the molecule is CCCCN(c1ncnc(N(CCCC)C2CC(C)(C)N(OC)C(C)(C)C2)n1)C1CC(C)(C)N(OC)C(C)(C)C1. The van der Waals surface area contributed by atoms with Gasteiger partial charge in [-0.2, -0.15) is 15.1 Å². The van der Waals surface area contributed by atoms with Crippen LogP contribution >= 0.6 is 0 Å². The third-order valence-electron chi connectivity index (χ3n) is 8.95. The fourth-order valence-corrected chi connectivity index (χ4v) is 7.96. The standard InChI is InChI=1S/C31H59N7O2/c1-13-15-17-35(24-19-28(3,4)37(39-11)29(5,6)20-24)26-32-23-33-27(34-26)36(18-16-14-2)25-21-30(7,8)38(40-12)31(9,10)22-25/h23-25H,13-22H2,1-12H3. The van der Waals surface area contributed by atoms with E-state index in [1.165, 1.54) is 0 Å². The highest BCUT2D eigenvalue weighted by Gasteiger charge is 2.49. The van der Waals surface area contributed by atoms with Crippen LogP contribution in [0.15, 0.2) is 6.33 Å². The maximum absolute atomic E-state index is 5.90. The van der Waals surface area contributed by atoms with Crippen LogP contribution in [-0.4, -0.2) is 86.6 Å².